The minimum atomic E-state index is -0.431. The molecule has 3 aromatic rings. The highest BCUT2D eigenvalue weighted by Gasteiger charge is 2.33. The highest BCUT2D eigenvalue weighted by atomic mass is 16.5. The average Bonchev–Trinajstić information content (AvgIpc) is 2.79. The fraction of sp³-hybridized carbons (Fsp3) is 0.208. The zero-order valence-electron chi connectivity index (χ0n) is 17.0. The first-order valence-electron chi connectivity index (χ1n) is 9.77. The highest BCUT2D eigenvalue weighted by molar-refractivity contribution is 6.01. The van der Waals surface area contributed by atoms with Gasteiger partial charge in [-0.3, -0.25) is 4.79 Å². The van der Waals surface area contributed by atoms with E-state index in [-0.39, 0.29) is 11.7 Å². The maximum absolute atomic E-state index is 13.4. The molecule has 0 aliphatic carbocycles. The van der Waals surface area contributed by atoms with Gasteiger partial charge in [-0.2, -0.15) is 0 Å². The molecule has 1 heterocycles. The first-order chi connectivity index (χ1) is 14.6. The van der Waals surface area contributed by atoms with Crippen molar-refractivity contribution in [2.45, 2.75) is 12.6 Å². The number of para-hydroxylation sites is 1. The Morgan fingerprint density at radius 2 is 1.60 bits per heavy atom. The van der Waals surface area contributed by atoms with E-state index in [0.717, 1.165) is 23.2 Å². The van der Waals surface area contributed by atoms with Crippen LogP contribution in [0.4, 0.5) is 5.69 Å². The van der Waals surface area contributed by atoms with E-state index in [1.165, 1.54) is 14.2 Å². The lowest BCUT2D eigenvalue weighted by Crippen LogP contribution is -2.44. The van der Waals surface area contributed by atoms with Gasteiger partial charge in [0.25, 0.3) is 5.91 Å². The number of amides is 1. The van der Waals surface area contributed by atoms with Crippen LogP contribution in [0.1, 0.15) is 27.7 Å². The summed E-state index contributed by atoms with van der Waals surface area (Å²) in [7, 11) is 2.97. The lowest BCUT2D eigenvalue weighted by Gasteiger charge is -2.38. The molecule has 0 saturated carbocycles. The number of nitrogens with zero attached hydrogens (tertiary/aromatic N) is 1. The van der Waals surface area contributed by atoms with Crippen molar-refractivity contribution in [1.29, 1.82) is 0 Å². The summed E-state index contributed by atoms with van der Waals surface area (Å²) in [5, 5.41) is 13.8. The number of methoxy groups -OCH3 is 2. The van der Waals surface area contributed by atoms with Crippen molar-refractivity contribution in [3.63, 3.8) is 0 Å². The van der Waals surface area contributed by atoms with Gasteiger partial charge in [-0.05, 0) is 36.2 Å². The van der Waals surface area contributed by atoms with Crippen molar-refractivity contribution < 1.29 is 19.4 Å². The summed E-state index contributed by atoms with van der Waals surface area (Å²) in [4.78, 5) is 15.2. The number of phenols is 1. The molecule has 0 unspecified atom stereocenters. The Bertz CT molecular complexity index is 1030. The molecule has 1 amide bonds. The van der Waals surface area contributed by atoms with Crippen LogP contribution in [0.15, 0.2) is 66.7 Å². The van der Waals surface area contributed by atoms with Gasteiger partial charge >= 0.3 is 0 Å². The van der Waals surface area contributed by atoms with E-state index in [9.17, 15) is 9.90 Å². The van der Waals surface area contributed by atoms with Gasteiger partial charge in [-0.1, -0.05) is 42.5 Å². The molecule has 30 heavy (non-hydrogen) atoms. The van der Waals surface area contributed by atoms with Crippen LogP contribution in [0.2, 0.25) is 0 Å². The Kier molecular flexibility index (Phi) is 5.48. The Hall–Kier alpha value is -3.67. The molecule has 4 rings (SSSR count). The standard InChI is InChI=1S/C24H24N2O4/c1-29-20-14-17(15-21(30-2)22(20)27)23-25-19-11-7-6-10-18(19)24(28)26(23)13-12-16-8-4-3-5-9-16/h3-11,14-15,23,25,27H,12-13H2,1-2H3/t23-/m1/s1. The molecule has 1 aliphatic rings. The number of fused-ring (bicyclic) bond motifs is 1. The number of rotatable bonds is 6. The minimum Gasteiger partial charge on any atom is -0.502 e. The van der Waals surface area contributed by atoms with Gasteiger partial charge in [-0.15, -0.1) is 0 Å². The Morgan fingerprint density at radius 3 is 2.27 bits per heavy atom. The van der Waals surface area contributed by atoms with Crippen molar-refractivity contribution in [3.05, 3.63) is 83.4 Å². The van der Waals surface area contributed by atoms with E-state index in [1.807, 2.05) is 42.5 Å². The van der Waals surface area contributed by atoms with Crippen molar-refractivity contribution in [2.24, 2.45) is 0 Å². The Labute approximate surface area is 175 Å². The van der Waals surface area contributed by atoms with Crippen LogP contribution in [0, 0.1) is 0 Å². The van der Waals surface area contributed by atoms with Gasteiger partial charge in [0.05, 0.1) is 19.8 Å². The summed E-state index contributed by atoms with van der Waals surface area (Å²) in [6, 6.07) is 21.0. The molecule has 0 fully saturated rings. The van der Waals surface area contributed by atoms with Crippen LogP contribution >= 0.6 is 0 Å². The predicted molar refractivity (Wildman–Crippen MR) is 115 cm³/mol. The fourth-order valence-corrected chi connectivity index (χ4v) is 3.75. The van der Waals surface area contributed by atoms with Crippen LogP contribution in [-0.2, 0) is 6.42 Å². The number of nitrogens with one attached hydrogen (secondary N) is 1. The molecule has 3 aromatic carbocycles. The smallest absolute Gasteiger partial charge is 0.257 e. The predicted octanol–water partition coefficient (Wildman–Crippen LogP) is 4.22. The van der Waals surface area contributed by atoms with Crippen LogP contribution in [-0.4, -0.2) is 36.7 Å². The number of benzene rings is 3. The largest absolute Gasteiger partial charge is 0.502 e. The average molecular weight is 404 g/mol. The second-order valence-corrected chi connectivity index (χ2v) is 7.10. The number of ether oxygens (including phenoxy) is 2. The SMILES string of the molecule is COc1cc([C@@H]2Nc3ccccc3C(=O)N2CCc2ccccc2)cc(OC)c1O. The van der Waals surface area contributed by atoms with Crippen LogP contribution in [0.3, 0.4) is 0 Å². The van der Waals surface area contributed by atoms with Gasteiger partial charge in [0, 0.05) is 17.8 Å². The Morgan fingerprint density at radius 1 is 0.967 bits per heavy atom. The maximum Gasteiger partial charge on any atom is 0.257 e. The van der Waals surface area contributed by atoms with Gasteiger partial charge < -0.3 is 24.8 Å². The molecular formula is C24H24N2O4. The van der Waals surface area contributed by atoms with Crippen molar-refractivity contribution in [2.75, 3.05) is 26.1 Å². The highest BCUT2D eigenvalue weighted by Crippen LogP contribution is 2.41. The molecule has 6 nitrogen and oxygen atoms in total. The van der Waals surface area contributed by atoms with Crippen LogP contribution in [0.5, 0.6) is 17.2 Å². The first-order valence-corrected chi connectivity index (χ1v) is 9.77. The summed E-state index contributed by atoms with van der Waals surface area (Å²) in [6.45, 7) is 0.528. The van der Waals surface area contributed by atoms with Crippen LogP contribution < -0.4 is 14.8 Å². The van der Waals surface area contributed by atoms with E-state index in [1.54, 1.807) is 17.0 Å². The third kappa shape index (κ3) is 3.64. The summed E-state index contributed by atoms with van der Waals surface area (Å²) in [5.74, 6) is 0.472. The number of aromatic hydroxyl groups is 1. The fourth-order valence-electron chi connectivity index (χ4n) is 3.75. The Balaban J connectivity index is 1.74. The molecule has 0 radical (unpaired) electrons. The second-order valence-electron chi connectivity index (χ2n) is 7.10. The third-order valence-electron chi connectivity index (χ3n) is 5.32. The molecule has 0 saturated heterocycles. The van der Waals surface area contributed by atoms with E-state index < -0.39 is 6.17 Å². The van der Waals surface area contributed by atoms with Gasteiger partial charge in [0.2, 0.25) is 5.75 Å². The number of hydrogen-bond donors (Lipinski definition) is 2. The van der Waals surface area contributed by atoms with Crippen molar-refractivity contribution >= 4 is 11.6 Å². The van der Waals surface area contributed by atoms with Gasteiger partial charge in [0.15, 0.2) is 11.5 Å². The molecule has 1 atom stereocenters. The molecule has 6 heteroatoms. The van der Waals surface area contributed by atoms with E-state index >= 15 is 0 Å². The lowest BCUT2D eigenvalue weighted by molar-refractivity contribution is 0.0685. The van der Waals surface area contributed by atoms with Gasteiger partial charge in [0.1, 0.15) is 6.17 Å². The molecule has 0 bridgehead atoms. The second kappa shape index (κ2) is 8.37. The topological polar surface area (TPSA) is 71.0 Å². The quantitative estimate of drug-likeness (QED) is 0.644. The first kappa shape index (κ1) is 19.6. The van der Waals surface area contributed by atoms with E-state index in [0.29, 0.717) is 23.6 Å². The zero-order valence-corrected chi connectivity index (χ0v) is 17.0. The number of carbonyl (C=O) groups is 1. The third-order valence-corrected chi connectivity index (χ3v) is 5.32. The molecule has 2 N–H and O–H groups in total. The zero-order chi connectivity index (χ0) is 21.1. The summed E-state index contributed by atoms with van der Waals surface area (Å²) < 4.78 is 10.6. The molecule has 0 spiro atoms. The summed E-state index contributed by atoms with van der Waals surface area (Å²) >= 11 is 0. The molecule has 1 aliphatic heterocycles. The number of carbonyl (C=O) groups excluding carboxylic acids is 1. The normalized spacial score (nSPS) is 15.3. The summed E-state index contributed by atoms with van der Waals surface area (Å²) in [5.41, 5.74) is 3.33. The molecule has 0 aromatic heterocycles. The number of hydrogen-bond acceptors (Lipinski definition) is 5. The number of phenolic OH excluding ortho intramolecular Hbond substituents is 1. The van der Waals surface area contributed by atoms with Crippen molar-refractivity contribution in [3.8, 4) is 17.2 Å². The monoisotopic (exact) mass is 404 g/mol. The number of anilines is 1. The van der Waals surface area contributed by atoms with E-state index in [4.69, 9.17) is 9.47 Å². The van der Waals surface area contributed by atoms with Gasteiger partial charge in [-0.25, -0.2) is 0 Å². The maximum atomic E-state index is 13.4. The van der Waals surface area contributed by atoms with E-state index in [2.05, 4.69) is 17.4 Å². The summed E-state index contributed by atoms with van der Waals surface area (Å²) in [6.07, 6.45) is 0.291. The van der Waals surface area contributed by atoms with Crippen molar-refractivity contribution in [1.82, 2.24) is 4.90 Å². The molecular weight excluding hydrogens is 380 g/mol. The minimum absolute atomic E-state index is 0.0451. The van der Waals surface area contributed by atoms with Crippen LogP contribution in [0.25, 0.3) is 0 Å². The lowest BCUT2D eigenvalue weighted by atomic mass is 10.0. The molecule has 154 valence electrons.